The van der Waals surface area contributed by atoms with E-state index < -0.39 is 26.9 Å². The molecule has 1 aromatic rings. The normalized spacial score (nSPS) is 16.6. The molecule has 0 saturated heterocycles. The number of aromatic amines is 1. The molecule has 0 aliphatic heterocycles. The van der Waals surface area contributed by atoms with Crippen LogP contribution >= 0.6 is 0 Å². The smallest absolute Gasteiger partial charge is 0.375 e. The van der Waals surface area contributed by atoms with Crippen LogP contribution in [0, 0.1) is 0 Å². The van der Waals surface area contributed by atoms with Crippen LogP contribution in [-0.4, -0.2) is 18.9 Å². The van der Waals surface area contributed by atoms with Crippen LogP contribution in [0.3, 0.4) is 0 Å². The Morgan fingerprint density at radius 1 is 1.33 bits per heavy atom. The highest BCUT2D eigenvalue weighted by molar-refractivity contribution is 7.88. The van der Waals surface area contributed by atoms with Crippen molar-refractivity contribution in [3.05, 3.63) is 28.2 Å². The van der Waals surface area contributed by atoms with Crippen LogP contribution in [-0.2, 0) is 10.1 Å². The highest BCUT2D eigenvalue weighted by atomic mass is 32.2. The first-order valence-corrected chi connectivity index (χ1v) is 6.35. The van der Waals surface area contributed by atoms with Crippen molar-refractivity contribution >= 4 is 10.1 Å². The molecule has 9 heteroatoms. The molecule has 100 valence electrons. The summed E-state index contributed by atoms with van der Waals surface area (Å²) in [5.74, 6) is -0.799. The lowest BCUT2D eigenvalue weighted by Crippen LogP contribution is -2.29. The fraction of sp³-hybridized carbons (Fsp3) is 0.444. The van der Waals surface area contributed by atoms with Crippen molar-refractivity contribution < 1.29 is 25.8 Å². The van der Waals surface area contributed by atoms with Gasteiger partial charge >= 0.3 is 15.6 Å². The Bertz CT molecular complexity index is 615. The molecule has 1 saturated carbocycles. The largest absolute Gasteiger partial charge is 0.534 e. The maximum atomic E-state index is 12.2. The van der Waals surface area contributed by atoms with Crippen molar-refractivity contribution in [1.29, 1.82) is 0 Å². The molecule has 0 atom stereocenters. The molecule has 0 aromatic carbocycles. The van der Waals surface area contributed by atoms with Crippen molar-refractivity contribution in [1.82, 2.24) is 4.98 Å². The van der Waals surface area contributed by atoms with Crippen molar-refractivity contribution in [2.45, 2.75) is 24.3 Å². The van der Waals surface area contributed by atoms with E-state index in [1.165, 1.54) is 0 Å². The summed E-state index contributed by atoms with van der Waals surface area (Å²) >= 11 is 0. The van der Waals surface area contributed by atoms with E-state index >= 15 is 0 Å². The fourth-order valence-electron chi connectivity index (χ4n) is 1.47. The average Bonchev–Trinajstić information content (AvgIpc) is 2.99. The van der Waals surface area contributed by atoms with Gasteiger partial charge in [-0.25, -0.2) is 0 Å². The van der Waals surface area contributed by atoms with Crippen LogP contribution in [0.2, 0.25) is 0 Å². The molecule has 18 heavy (non-hydrogen) atoms. The van der Waals surface area contributed by atoms with E-state index in [4.69, 9.17) is 0 Å². The van der Waals surface area contributed by atoms with Gasteiger partial charge in [-0.05, 0) is 24.8 Å². The lowest BCUT2D eigenvalue weighted by Gasteiger charge is -2.11. The molecule has 5 nitrogen and oxygen atoms in total. The topological polar surface area (TPSA) is 76.2 Å². The highest BCUT2D eigenvalue weighted by Crippen LogP contribution is 2.43. The summed E-state index contributed by atoms with van der Waals surface area (Å²) in [6.45, 7) is 0. The summed E-state index contributed by atoms with van der Waals surface area (Å²) < 4.78 is 62.3. The first-order valence-electron chi connectivity index (χ1n) is 4.95. The van der Waals surface area contributed by atoms with E-state index in [0.717, 1.165) is 12.3 Å². The maximum Gasteiger partial charge on any atom is 0.534 e. The van der Waals surface area contributed by atoms with E-state index in [0.29, 0.717) is 12.8 Å². The highest BCUT2D eigenvalue weighted by Gasteiger charge is 2.49. The van der Waals surface area contributed by atoms with Gasteiger partial charge in [-0.3, -0.25) is 4.79 Å². The second kappa shape index (κ2) is 4.01. The molecular formula is C9H8F3NO4S. The first kappa shape index (κ1) is 12.9. The zero-order chi connectivity index (χ0) is 13.6. The Morgan fingerprint density at radius 3 is 2.44 bits per heavy atom. The lowest BCUT2D eigenvalue weighted by atomic mass is 10.2. The summed E-state index contributed by atoms with van der Waals surface area (Å²) in [6, 6.07) is 0.998. The summed E-state index contributed by atoms with van der Waals surface area (Å²) in [4.78, 5) is 13.7. The Kier molecular flexibility index (Phi) is 2.88. The molecule has 1 aliphatic carbocycles. The lowest BCUT2D eigenvalue weighted by molar-refractivity contribution is -0.0500. The van der Waals surface area contributed by atoms with E-state index in [1.807, 2.05) is 0 Å². The summed E-state index contributed by atoms with van der Waals surface area (Å²) in [5.41, 5.74) is -6.20. The molecule has 0 bridgehead atoms. The number of pyridine rings is 1. The number of H-pyrrole nitrogens is 1. The van der Waals surface area contributed by atoms with Gasteiger partial charge < -0.3 is 9.17 Å². The zero-order valence-electron chi connectivity index (χ0n) is 8.82. The Morgan fingerprint density at radius 2 is 1.94 bits per heavy atom. The Balaban J connectivity index is 2.42. The molecule has 0 unspecified atom stereocenters. The molecule has 2 rings (SSSR count). The van der Waals surface area contributed by atoms with Crippen molar-refractivity contribution in [2.24, 2.45) is 0 Å². The predicted molar refractivity (Wildman–Crippen MR) is 54.6 cm³/mol. The minimum atomic E-state index is -5.75. The molecule has 0 amide bonds. The van der Waals surface area contributed by atoms with Crippen LogP contribution in [0.1, 0.15) is 24.3 Å². The average molecular weight is 283 g/mol. The van der Waals surface area contributed by atoms with Gasteiger partial charge in [0.15, 0.2) is 5.75 Å². The van der Waals surface area contributed by atoms with Crippen molar-refractivity contribution in [3.63, 3.8) is 0 Å². The van der Waals surface area contributed by atoms with Crippen LogP contribution in [0.15, 0.2) is 17.1 Å². The quantitative estimate of drug-likeness (QED) is 0.673. The van der Waals surface area contributed by atoms with Gasteiger partial charge in [0.05, 0.1) is 5.56 Å². The molecule has 1 N–H and O–H groups in total. The Labute approximate surface area is 99.7 Å². The molecular weight excluding hydrogens is 275 g/mol. The van der Waals surface area contributed by atoms with Crippen LogP contribution in [0.4, 0.5) is 13.2 Å². The van der Waals surface area contributed by atoms with E-state index in [-0.39, 0.29) is 11.5 Å². The minimum absolute atomic E-state index is 0.0506. The SMILES string of the molecule is O=c1[nH]ccc(OS(=O)(=O)C(F)(F)F)c1C1CC1. The third-order valence-corrected chi connectivity index (χ3v) is 3.39. The van der Waals surface area contributed by atoms with Gasteiger partial charge in [0, 0.05) is 6.20 Å². The standard InChI is InChI=1S/C9H8F3NO4S/c10-9(11,12)18(15,16)17-6-3-4-13-8(14)7(6)5-1-2-5/h3-5H,1-2H2,(H,13,14). The van der Waals surface area contributed by atoms with E-state index in [1.54, 1.807) is 0 Å². The molecule has 1 aliphatic rings. The van der Waals surface area contributed by atoms with Gasteiger partial charge in [-0.15, -0.1) is 0 Å². The van der Waals surface area contributed by atoms with Crippen molar-refractivity contribution in [3.8, 4) is 5.75 Å². The van der Waals surface area contributed by atoms with Gasteiger partial charge in [0.25, 0.3) is 5.56 Å². The third-order valence-electron chi connectivity index (χ3n) is 2.43. The molecule has 1 fully saturated rings. The van der Waals surface area contributed by atoms with Gasteiger partial charge in [-0.2, -0.15) is 21.6 Å². The van der Waals surface area contributed by atoms with Gasteiger partial charge in [-0.1, -0.05) is 0 Å². The number of hydrogen-bond donors (Lipinski definition) is 1. The second-order valence-corrected chi connectivity index (χ2v) is 5.38. The minimum Gasteiger partial charge on any atom is -0.375 e. The number of nitrogens with one attached hydrogen (secondary N) is 1. The molecule has 1 heterocycles. The number of rotatable bonds is 3. The van der Waals surface area contributed by atoms with Gasteiger partial charge in [0.1, 0.15) is 0 Å². The maximum absolute atomic E-state index is 12.2. The number of alkyl halides is 3. The van der Waals surface area contributed by atoms with Crippen LogP contribution < -0.4 is 9.74 Å². The number of hydrogen-bond acceptors (Lipinski definition) is 4. The zero-order valence-corrected chi connectivity index (χ0v) is 9.64. The van der Waals surface area contributed by atoms with Crippen LogP contribution in [0.5, 0.6) is 5.75 Å². The molecule has 0 spiro atoms. The number of aromatic nitrogens is 1. The summed E-state index contributed by atoms with van der Waals surface area (Å²) in [7, 11) is -5.75. The number of halogens is 3. The monoisotopic (exact) mass is 283 g/mol. The predicted octanol–water partition coefficient (Wildman–Crippen LogP) is 1.48. The van der Waals surface area contributed by atoms with E-state index in [9.17, 15) is 26.4 Å². The first-order chi connectivity index (χ1) is 8.22. The summed E-state index contributed by atoms with van der Waals surface area (Å²) in [5, 5.41) is 0. The van der Waals surface area contributed by atoms with E-state index in [2.05, 4.69) is 9.17 Å². The Hall–Kier alpha value is -1.51. The van der Waals surface area contributed by atoms with Crippen LogP contribution in [0.25, 0.3) is 0 Å². The fourth-order valence-corrected chi connectivity index (χ4v) is 1.95. The third kappa shape index (κ3) is 2.35. The van der Waals surface area contributed by atoms with Gasteiger partial charge in [0.2, 0.25) is 0 Å². The molecule has 0 radical (unpaired) electrons. The van der Waals surface area contributed by atoms with Crippen molar-refractivity contribution in [2.75, 3.05) is 0 Å². The molecule has 1 aromatic heterocycles. The second-order valence-electron chi connectivity index (χ2n) is 3.84. The summed E-state index contributed by atoms with van der Waals surface area (Å²) in [6.07, 6.45) is 2.28.